The van der Waals surface area contributed by atoms with Crippen molar-refractivity contribution in [3.05, 3.63) is 152 Å². The lowest BCUT2D eigenvalue weighted by Crippen LogP contribution is -2.37. The van der Waals surface area contributed by atoms with Crippen LogP contribution in [0.5, 0.6) is 0 Å². The Labute approximate surface area is 220 Å². The molecule has 4 aliphatic rings. The highest BCUT2D eigenvalue weighted by atomic mass is 32.2. The molecule has 0 aromatic heterocycles. The molecule has 0 saturated heterocycles. The second-order valence-electron chi connectivity index (χ2n) is 9.97. The Morgan fingerprint density at radius 2 is 1.35 bits per heavy atom. The highest BCUT2D eigenvalue weighted by Crippen LogP contribution is 2.70. The van der Waals surface area contributed by atoms with Gasteiger partial charge in [-0.2, -0.15) is 0 Å². The minimum absolute atomic E-state index is 0.0815. The average molecular weight is 501 g/mol. The zero-order chi connectivity index (χ0) is 25.3. The standard InChI is InChI=1S/C32H24N2O2S/c1-33(2)22-15-11-20(12-16-22)29-19-28-30(21-13-17-23(18-14-21)34(35)36)31-24-7-3-5-9-26(24)32(28,37-29)27-10-6-4-8-25(27)31/h3-19,31H,1-2H3. The van der Waals surface area contributed by atoms with Gasteiger partial charge in [0, 0.05) is 42.7 Å². The van der Waals surface area contributed by atoms with E-state index in [9.17, 15) is 10.1 Å². The zero-order valence-electron chi connectivity index (χ0n) is 20.5. The summed E-state index contributed by atoms with van der Waals surface area (Å²) in [7, 11) is 4.11. The smallest absolute Gasteiger partial charge is 0.269 e. The Morgan fingerprint density at radius 1 is 0.784 bits per heavy atom. The van der Waals surface area contributed by atoms with E-state index >= 15 is 0 Å². The number of benzene rings is 4. The van der Waals surface area contributed by atoms with Crippen LogP contribution in [-0.2, 0) is 4.75 Å². The van der Waals surface area contributed by atoms with Gasteiger partial charge in [-0.15, -0.1) is 11.8 Å². The van der Waals surface area contributed by atoms with Gasteiger partial charge in [-0.1, -0.05) is 60.7 Å². The largest absolute Gasteiger partial charge is 0.378 e. The van der Waals surface area contributed by atoms with Crippen molar-refractivity contribution in [2.45, 2.75) is 10.7 Å². The first kappa shape index (κ1) is 22.1. The third kappa shape index (κ3) is 3.04. The molecule has 0 fully saturated rings. The number of hydrogen-bond donors (Lipinski definition) is 0. The maximum Gasteiger partial charge on any atom is 0.269 e. The van der Waals surface area contributed by atoms with Gasteiger partial charge in [0.2, 0.25) is 0 Å². The fourth-order valence-electron chi connectivity index (χ4n) is 6.22. The van der Waals surface area contributed by atoms with Crippen molar-refractivity contribution in [2.24, 2.45) is 0 Å². The molecule has 2 bridgehead atoms. The molecule has 180 valence electrons. The van der Waals surface area contributed by atoms with E-state index in [1.54, 1.807) is 12.1 Å². The average Bonchev–Trinajstić information content (AvgIpc) is 3.35. The second-order valence-corrected chi connectivity index (χ2v) is 11.2. The lowest BCUT2D eigenvalue weighted by molar-refractivity contribution is -0.384. The zero-order valence-corrected chi connectivity index (χ0v) is 21.3. The molecule has 0 N–H and O–H groups in total. The number of nitrogens with zero attached hydrogens (tertiary/aromatic N) is 2. The molecule has 0 unspecified atom stereocenters. The van der Waals surface area contributed by atoms with Crippen molar-refractivity contribution in [2.75, 3.05) is 19.0 Å². The highest BCUT2D eigenvalue weighted by molar-refractivity contribution is 8.10. The summed E-state index contributed by atoms with van der Waals surface area (Å²) >= 11 is 1.92. The van der Waals surface area contributed by atoms with Crippen LogP contribution in [0.3, 0.4) is 0 Å². The van der Waals surface area contributed by atoms with E-state index < -0.39 is 0 Å². The number of nitro groups is 1. The van der Waals surface area contributed by atoms with Crippen molar-refractivity contribution in [1.82, 2.24) is 0 Å². The van der Waals surface area contributed by atoms with Crippen LogP contribution >= 0.6 is 11.8 Å². The molecule has 0 radical (unpaired) electrons. The van der Waals surface area contributed by atoms with Crippen molar-refractivity contribution in [3.63, 3.8) is 0 Å². The number of rotatable bonds is 4. The van der Waals surface area contributed by atoms with Crippen LogP contribution in [0.15, 0.2) is 109 Å². The quantitative estimate of drug-likeness (QED) is 0.214. The van der Waals surface area contributed by atoms with E-state index in [1.165, 1.54) is 49.6 Å². The summed E-state index contributed by atoms with van der Waals surface area (Å²) in [5.41, 5.74) is 11.4. The van der Waals surface area contributed by atoms with Gasteiger partial charge in [0.1, 0.15) is 0 Å². The van der Waals surface area contributed by atoms with Crippen LogP contribution in [0.25, 0.3) is 10.5 Å². The monoisotopic (exact) mass is 500 g/mol. The van der Waals surface area contributed by atoms with E-state index in [2.05, 4.69) is 97.9 Å². The molecule has 0 atom stereocenters. The van der Waals surface area contributed by atoms with E-state index in [-0.39, 0.29) is 21.3 Å². The Bertz CT molecular complexity index is 1600. The van der Waals surface area contributed by atoms with Gasteiger partial charge in [0.05, 0.1) is 9.67 Å². The SMILES string of the molecule is CN(C)c1ccc(C2=CC3=C(c4ccc([N+](=O)[O-])cc4)C4c5ccccc5C3(S2)c2ccccc24)cc1. The van der Waals surface area contributed by atoms with Crippen LogP contribution in [0.2, 0.25) is 0 Å². The van der Waals surface area contributed by atoms with E-state index in [4.69, 9.17) is 0 Å². The predicted octanol–water partition coefficient (Wildman–Crippen LogP) is 7.61. The molecular formula is C32H24N2O2S. The second kappa shape index (κ2) is 7.95. The lowest BCUT2D eigenvalue weighted by Gasteiger charge is -2.49. The Hall–Kier alpha value is -4.09. The molecule has 3 aliphatic carbocycles. The highest BCUT2D eigenvalue weighted by Gasteiger charge is 2.55. The summed E-state index contributed by atoms with van der Waals surface area (Å²) in [5.74, 6) is 0.0815. The fourth-order valence-corrected chi connectivity index (χ4v) is 7.85. The molecule has 1 heterocycles. The summed E-state index contributed by atoms with van der Waals surface area (Å²) in [5, 5.41) is 11.4. The summed E-state index contributed by atoms with van der Waals surface area (Å²) in [4.78, 5) is 14.4. The van der Waals surface area contributed by atoms with Crippen LogP contribution in [0.4, 0.5) is 11.4 Å². The van der Waals surface area contributed by atoms with Crippen molar-refractivity contribution < 1.29 is 4.92 Å². The maximum absolute atomic E-state index is 11.4. The molecule has 1 spiro atoms. The number of allylic oxidation sites excluding steroid dienone is 2. The normalized spacial score (nSPS) is 20.7. The van der Waals surface area contributed by atoms with Crippen molar-refractivity contribution >= 4 is 33.6 Å². The molecule has 0 amide bonds. The van der Waals surface area contributed by atoms with Gasteiger partial charge in [0.15, 0.2) is 0 Å². The minimum atomic E-state index is -0.353. The first-order valence-corrected chi connectivity index (χ1v) is 13.2. The van der Waals surface area contributed by atoms with Gasteiger partial charge in [0.25, 0.3) is 5.69 Å². The summed E-state index contributed by atoms with van der Waals surface area (Å²) in [6, 6.07) is 33.5. The Balaban J connectivity index is 1.50. The Morgan fingerprint density at radius 3 is 1.92 bits per heavy atom. The van der Waals surface area contributed by atoms with Crippen LogP contribution < -0.4 is 4.90 Å². The van der Waals surface area contributed by atoms with E-state index in [0.717, 1.165) is 5.56 Å². The van der Waals surface area contributed by atoms with Gasteiger partial charge in [-0.05, 0) is 74.9 Å². The summed E-state index contributed by atoms with van der Waals surface area (Å²) in [6.07, 6.45) is 2.37. The lowest BCUT2D eigenvalue weighted by atomic mass is 9.59. The number of anilines is 1. The van der Waals surface area contributed by atoms with Gasteiger partial charge >= 0.3 is 0 Å². The molecule has 0 saturated carbocycles. The molecule has 8 rings (SSSR count). The van der Waals surface area contributed by atoms with Gasteiger partial charge in [-0.3, -0.25) is 10.1 Å². The van der Waals surface area contributed by atoms with Gasteiger partial charge in [-0.25, -0.2) is 0 Å². The molecule has 1 aliphatic heterocycles. The van der Waals surface area contributed by atoms with E-state index in [1.807, 2.05) is 23.9 Å². The van der Waals surface area contributed by atoms with Crippen molar-refractivity contribution in [1.29, 1.82) is 0 Å². The molecule has 37 heavy (non-hydrogen) atoms. The van der Waals surface area contributed by atoms with Gasteiger partial charge < -0.3 is 4.90 Å². The molecule has 5 heteroatoms. The summed E-state index contributed by atoms with van der Waals surface area (Å²) in [6.45, 7) is 0. The number of non-ortho nitro benzene ring substituents is 1. The van der Waals surface area contributed by atoms with Crippen LogP contribution in [-0.4, -0.2) is 19.0 Å². The number of hydrogen-bond acceptors (Lipinski definition) is 4. The van der Waals surface area contributed by atoms with Crippen LogP contribution in [0, 0.1) is 10.1 Å². The third-order valence-corrected chi connectivity index (χ3v) is 9.40. The Kier molecular flexibility index (Phi) is 4.76. The topological polar surface area (TPSA) is 46.4 Å². The van der Waals surface area contributed by atoms with Crippen molar-refractivity contribution in [3.8, 4) is 0 Å². The first-order valence-electron chi connectivity index (χ1n) is 12.4. The van der Waals surface area contributed by atoms with Crippen LogP contribution in [0.1, 0.15) is 39.3 Å². The maximum atomic E-state index is 11.4. The third-order valence-electron chi connectivity index (χ3n) is 7.86. The number of thioether (sulfide) groups is 1. The first-order chi connectivity index (χ1) is 18.0. The van der Waals surface area contributed by atoms with E-state index in [0.29, 0.717) is 0 Å². The minimum Gasteiger partial charge on any atom is -0.378 e. The summed E-state index contributed by atoms with van der Waals surface area (Å²) < 4.78 is -0.353. The molecular weight excluding hydrogens is 476 g/mol. The molecule has 4 aromatic carbocycles. The number of nitro benzene ring substituents is 1. The predicted molar refractivity (Wildman–Crippen MR) is 152 cm³/mol. The molecule has 4 aromatic rings. The fraction of sp³-hybridized carbons (Fsp3) is 0.125. The molecule has 4 nitrogen and oxygen atoms in total.